The van der Waals surface area contributed by atoms with Crippen LogP contribution in [0.1, 0.15) is 0 Å². The first-order valence-corrected chi connectivity index (χ1v) is 0.736. The SMILES string of the molecule is C=O.CO.[Cr]. The Hall–Kier alpha value is 0.162. The van der Waals surface area contributed by atoms with Crippen molar-refractivity contribution in [1.29, 1.82) is 0 Å². The Balaban J connectivity index is -0.0000000133. The van der Waals surface area contributed by atoms with Crippen molar-refractivity contribution in [3.05, 3.63) is 0 Å². The van der Waals surface area contributed by atoms with E-state index in [1.165, 1.54) is 0 Å². The molecule has 0 aromatic carbocycles. The predicted molar refractivity (Wildman–Crippen MR) is 15.3 cm³/mol. The summed E-state index contributed by atoms with van der Waals surface area (Å²) in [6.45, 7) is 2.00. The average molecular weight is 114 g/mol. The zero-order chi connectivity index (χ0) is 4.00. The molecule has 0 aliphatic rings. The van der Waals surface area contributed by atoms with Gasteiger partial charge in [0.15, 0.2) is 0 Å². The van der Waals surface area contributed by atoms with Crippen molar-refractivity contribution < 1.29 is 27.3 Å². The van der Waals surface area contributed by atoms with Crippen LogP contribution in [0, 0.1) is 0 Å². The van der Waals surface area contributed by atoms with Gasteiger partial charge in [-0.3, -0.25) is 0 Å². The molecule has 0 atom stereocenters. The first-order chi connectivity index (χ1) is 2.00. The molecule has 3 heteroatoms. The number of rotatable bonds is 0. The van der Waals surface area contributed by atoms with Crippen LogP contribution < -0.4 is 0 Å². The number of carbonyl (C=O) groups is 1. The number of hydrogen-bond donors (Lipinski definition) is 1. The van der Waals surface area contributed by atoms with Crippen molar-refractivity contribution in [3.8, 4) is 0 Å². The maximum Gasteiger partial charge on any atom is 0.106 e. The van der Waals surface area contributed by atoms with E-state index in [4.69, 9.17) is 9.90 Å². The Bertz CT molecular complexity index is 7.61. The summed E-state index contributed by atoms with van der Waals surface area (Å²) in [6, 6.07) is 0. The quantitative estimate of drug-likeness (QED) is 0.457. The average Bonchev–Trinajstić information content (AvgIpc) is 1.50. The van der Waals surface area contributed by atoms with Gasteiger partial charge in [-0.25, -0.2) is 0 Å². The molecule has 2 nitrogen and oxygen atoms in total. The van der Waals surface area contributed by atoms with E-state index in [2.05, 4.69) is 0 Å². The van der Waals surface area contributed by atoms with Crippen molar-refractivity contribution in [2.45, 2.75) is 0 Å². The van der Waals surface area contributed by atoms with E-state index in [-0.39, 0.29) is 17.4 Å². The maximum atomic E-state index is 8.00. The summed E-state index contributed by atoms with van der Waals surface area (Å²) in [5, 5.41) is 7.00. The van der Waals surface area contributed by atoms with Crippen LogP contribution in [-0.4, -0.2) is 19.0 Å². The van der Waals surface area contributed by atoms with Crippen molar-refractivity contribution in [1.82, 2.24) is 0 Å². The second kappa shape index (κ2) is 1580. The molecule has 0 aromatic rings. The van der Waals surface area contributed by atoms with Gasteiger partial charge in [-0.2, -0.15) is 0 Å². The van der Waals surface area contributed by atoms with E-state index in [9.17, 15) is 0 Å². The Kier molecular flexibility index (Phi) is 6030. The van der Waals surface area contributed by atoms with Gasteiger partial charge < -0.3 is 9.90 Å². The largest absolute Gasteiger partial charge is 0.400 e. The summed E-state index contributed by atoms with van der Waals surface area (Å²) in [5.41, 5.74) is 0. The minimum absolute atomic E-state index is 0. The summed E-state index contributed by atoms with van der Waals surface area (Å²) in [7, 11) is 1.00. The first kappa shape index (κ1) is 19.1. The fraction of sp³-hybridized carbons (Fsp3) is 0.500. The Labute approximate surface area is 41.9 Å². The number of aliphatic hydroxyl groups excluding tert-OH is 1. The van der Waals surface area contributed by atoms with Gasteiger partial charge in [0.1, 0.15) is 6.79 Å². The van der Waals surface area contributed by atoms with E-state index >= 15 is 0 Å². The molecule has 0 amide bonds. The molecule has 0 rings (SSSR count). The van der Waals surface area contributed by atoms with Crippen LogP contribution in [0.25, 0.3) is 0 Å². The molecule has 0 aliphatic carbocycles. The van der Waals surface area contributed by atoms with Crippen LogP contribution in [0.4, 0.5) is 0 Å². The van der Waals surface area contributed by atoms with E-state index < -0.39 is 0 Å². The van der Waals surface area contributed by atoms with Crippen LogP contribution in [-0.2, 0) is 22.2 Å². The third kappa shape index (κ3) is 737. The zero-order valence-corrected chi connectivity index (χ0v) is 4.25. The van der Waals surface area contributed by atoms with Gasteiger partial charge in [0.25, 0.3) is 0 Å². The van der Waals surface area contributed by atoms with E-state index in [1.54, 1.807) is 0 Å². The number of aliphatic hydroxyl groups is 1. The molecule has 0 heterocycles. The summed E-state index contributed by atoms with van der Waals surface area (Å²) in [5.74, 6) is 0. The number of carbonyl (C=O) groups excluding carboxylic acids is 1. The predicted octanol–water partition coefficient (Wildman–Crippen LogP) is -0.579. The van der Waals surface area contributed by atoms with E-state index in [0.717, 1.165) is 7.11 Å². The standard InChI is InChI=1S/CH4O.CH2O.Cr/c2*1-2;/h2H,1H3;1H2;. The van der Waals surface area contributed by atoms with Crippen LogP contribution in [0.2, 0.25) is 0 Å². The van der Waals surface area contributed by atoms with Crippen molar-refractivity contribution in [3.63, 3.8) is 0 Å². The summed E-state index contributed by atoms with van der Waals surface area (Å²) >= 11 is 0. The minimum Gasteiger partial charge on any atom is -0.400 e. The van der Waals surface area contributed by atoms with Crippen molar-refractivity contribution in [2.24, 2.45) is 0 Å². The molecule has 0 aliphatic heterocycles. The van der Waals surface area contributed by atoms with Crippen LogP contribution in [0.3, 0.4) is 0 Å². The van der Waals surface area contributed by atoms with Gasteiger partial charge in [-0.15, -0.1) is 0 Å². The Morgan fingerprint density at radius 2 is 1.40 bits per heavy atom. The topological polar surface area (TPSA) is 37.3 Å². The Morgan fingerprint density at radius 3 is 1.40 bits per heavy atom. The van der Waals surface area contributed by atoms with Gasteiger partial charge >= 0.3 is 0 Å². The molecule has 0 spiro atoms. The van der Waals surface area contributed by atoms with Crippen LogP contribution in [0.5, 0.6) is 0 Å². The second-order valence-electron chi connectivity index (χ2n) is 0. The normalized spacial score (nSPS) is 2.00. The smallest absolute Gasteiger partial charge is 0.106 e. The van der Waals surface area contributed by atoms with E-state index in [1.807, 2.05) is 6.79 Å². The van der Waals surface area contributed by atoms with Crippen molar-refractivity contribution in [2.75, 3.05) is 7.11 Å². The van der Waals surface area contributed by atoms with Gasteiger partial charge in [0, 0.05) is 24.5 Å². The van der Waals surface area contributed by atoms with Crippen LogP contribution in [0.15, 0.2) is 0 Å². The first-order valence-electron chi connectivity index (χ1n) is 0.736. The third-order valence-corrected chi connectivity index (χ3v) is 0. The summed E-state index contributed by atoms with van der Waals surface area (Å²) in [4.78, 5) is 8.00. The van der Waals surface area contributed by atoms with Gasteiger partial charge in [-0.1, -0.05) is 0 Å². The molecule has 0 saturated carbocycles. The monoisotopic (exact) mass is 114 g/mol. The second-order valence-corrected chi connectivity index (χ2v) is 0. The Morgan fingerprint density at radius 1 is 1.40 bits per heavy atom. The zero-order valence-electron chi connectivity index (χ0n) is 2.97. The molecule has 32 valence electrons. The van der Waals surface area contributed by atoms with Crippen molar-refractivity contribution >= 4 is 6.79 Å². The molecule has 0 fully saturated rings. The van der Waals surface area contributed by atoms with Gasteiger partial charge in [0.05, 0.1) is 0 Å². The molecule has 5 heavy (non-hydrogen) atoms. The number of hydrogen-bond acceptors (Lipinski definition) is 2. The summed E-state index contributed by atoms with van der Waals surface area (Å²) < 4.78 is 0. The molecule has 1 N–H and O–H groups in total. The minimum atomic E-state index is 0. The molecule has 0 aromatic heterocycles. The maximum absolute atomic E-state index is 8.00. The third-order valence-electron chi connectivity index (χ3n) is 0. The van der Waals surface area contributed by atoms with Crippen LogP contribution >= 0.6 is 0 Å². The molecular formula is C2H6CrO2. The molecule has 0 radical (unpaired) electrons. The van der Waals surface area contributed by atoms with Gasteiger partial charge in [-0.05, 0) is 0 Å². The van der Waals surface area contributed by atoms with Gasteiger partial charge in [0.2, 0.25) is 0 Å². The molecule has 0 unspecified atom stereocenters. The molecular weight excluding hydrogens is 108 g/mol. The fourth-order valence-corrected chi connectivity index (χ4v) is 0. The fourth-order valence-electron chi connectivity index (χ4n) is 0. The summed E-state index contributed by atoms with van der Waals surface area (Å²) in [6.07, 6.45) is 0. The molecule has 0 saturated heterocycles. The molecule has 0 bridgehead atoms. The van der Waals surface area contributed by atoms with E-state index in [0.29, 0.717) is 0 Å².